The van der Waals surface area contributed by atoms with Gasteiger partial charge in [-0.3, -0.25) is 4.79 Å². The van der Waals surface area contributed by atoms with Crippen LogP contribution in [0.4, 0.5) is 23.4 Å². The van der Waals surface area contributed by atoms with Crippen LogP contribution >= 0.6 is 0 Å². The summed E-state index contributed by atoms with van der Waals surface area (Å²) in [5.74, 6) is -0.947. The van der Waals surface area contributed by atoms with Crippen molar-refractivity contribution in [2.75, 3.05) is 37.7 Å². The van der Waals surface area contributed by atoms with Crippen molar-refractivity contribution in [1.29, 1.82) is 0 Å². The Labute approximate surface area is 235 Å². The molecule has 0 N–H and O–H groups in total. The molecule has 0 spiro atoms. The zero-order chi connectivity index (χ0) is 29.1. The normalized spacial score (nSPS) is 14.1. The summed E-state index contributed by atoms with van der Waals surface area (Å²) in [5.41, 5.74) is 1.97. The van der Waals surface area contributed by atoms with Gasteiger partial charge in [-0.15, -0.1) is 0 Å². The lowest BCUT2D eigenvalue weighted by Gasteiger charge is -2.28. The number of aromatic nitrogens is 2. The van der Waals surface area contributed by atoms with E-state index in [-0.39, 0.29) is 18.0 Å². The summed E-state index contributed by atoms with van der Waals surface area (Å²) in [7, 11) is 0. The lowest BCUT2D eigenvalue weighted by Crippen LogP contribution is -2.36. The fraction of sp³-hybridized carbons (Fsp3) is 0.323. The second-order valence-corrected chi connectivity index (χ2v) is 10.5. The Hall–Kier alpha value is -4.05. The van der Waals surface area contributed by atoms with Crippen LogP contribution in [0.2, 0.25) is 0 Å². The second-order valence-electron chi connectivity index (χ2n) is 10.5. The molecule has 0 atom stereocenters. The number of ether oxygens (including phenoxy) is 1. The van der Waals surface area contributed by atoms with Gasteiger partial charge in [-0.05, 0) is 59.0 Å². The standard InChI is InChI=1S/C31H30F4N4O2/c1-20(2)17-39(30(40)25-8-7-24(16-27(25)32)31(33,34)35)18-21-4-3-5-22(14-21)23-6-9-28-26(15-23)29(37-19-36-28)38-10-12-41-13-11-38/h3-9,14-16,19-20H,10-13,17-18H2,1-2H3. The van der Waals surface area contributed by atoms with Gasteiger partial charge in [0.05, 0.1) is 29.9 Å². The Morgan fingerprint density at radius 3 is 2.46 bits per heavy atom. The van der Waals surface area contributed by atoms with Gasteiger partial charge in [0.25, 0.3) is 5.91 Å². The van der Waals surface area contributed by atoms with E-state index >= 15 is 0 Å². The summed E-state index contributed by atoms with van der Waals surface area (Å²) in [4.78, 5) is 26.0. The molecule has 0 unspecified atom stereocenters. The zero-order valence-corrected chi connectivity index (χ0v) is 22.8. The number of morpholine rings is 1. The molecule has 1 aromatic heterocycles. The molecule has 1 aliphatic rings. The lowest BCUT2D eigenvalue weighted by atomic mass is 10.0. The van der Waals surface area contributed by atoms with Crippen LogP contribution in [0.5, 0.6) is 0 Å². The first kappa shape index (κ1) is 28.5. The minimum absolute atomic E-state index is 0.0544. The van der Waals surface area contributed by atoms with Gasteiger partial charge in [0, 0.05) is 31.6 Å². The van der Waals surface area contributed by atoms with Crippen molar-refractivity contribution in [1.82, 2.24) is 14.9 Å². The second kappa shape index (κ2) is 11.8. The Morgan fingerprint density at radius 2 is 1.76 bits per heavy atom. The van der Waals surface area contributed by atoms with Crippen molar-refractivity contribution >= 4 is 22.6 Å². The number of hydrogen-bond acceptors (Lipinski definition) is 5. The van der Waals surface area contributed by atoms with Crippen molar-refractivity contribution in [2.24, 2.45) is 5.92 Å². The minimum Gasteiger partial charge on any atom is -0.378 e. The fourth-order valence-corrected chi connectivity index (χ4v) is 5.01. The highest BCUT2D eigenvalue weighted by atomic mass is 19.4. The average molecular weight is 567 g/mol. The molecule has 1 fully saturated rings. The lowest BCUT2D eigenvalue weighted by molar-refractivity contribution is -0.137. The molecule has 0 saturated carbocycles. The molecule has 4 aromatic rings. The number of fused-ring (bicyclic) bond motifs is 1. The quantitative estimate of drug-likeness (QED) is 0.236. The molecule has 214 valence electrons. The van der Waals surface area contributed by atoms with Crippen LogP contribution in [0.25, 0.3) is 22.0 Å². The third-order valence-corrected chi connectivity index (χ3v) is 6.96. The van der Waals surface area contributed by atoms with Gasteiger partial charge >= 0.3 is 6.18 Å². The largest absolute Gasteiger partial charge is 0.416 e. The third-order valence-electron chi connectivity index (χ3n) is 6.96. The maximum absolute atomic E-state index is 14.7. The Kier molecular flexibility index (Phi) is 8.21. The van der Waals surface area contributed by atoms with Crippen molar-refractivity contribution in [3.63, 3.8) is 0 Å². The van der Waals surface area contributed by atoms with Crippen LogP contribution in [0.15, 0.2) is 67.0 Å². The van der Waals surface area contributed by atoms with Crippen molar-refractivity contribution in [3.8, 4) is 11.1 Å². The van der Waals surface area contributed by atoms with Crippen LogP contribution < -0.4 is 4.90 Å². The number of nitrogens with zero attached hydrogens (tertiary/aromatic N) is 4. The summed E-state index contributed by atoms with van der Waals surface area (Å²) in [6.45, 7) is 7.06. The van der Waals surface area contributed by atoms with E-state index in [1.54, 1.807) is 6.33 Å². The molecule has 0 radical (unpaired) electrons. The predicted octanol–water partition coefficient (Wildman–Crippen LogP) is 6.59. The van der Waals surface area contributed by atoms with Gasteiger partial charge in [0.2, 0.25) is 0 Å². The molecular formula is C31H30F4N4O2. The van der Waals surface area contributed by atoms with E-state index in [4.69, 9.17) is 4.74 Å². The van der Waals surface area contributed by atoms with E-state index in [0.717, 1.165) is 58.6 Å². The van der Waals surface area contributed by atoms with Gasteiger partial charge in [-0.25, -0.2) is 14.4 Å². The van der Waals surface area contributed by atoms with E-state index in [9.17, 15) is 22.4 Å². The first-order valence-corrected chi connectivity index (χ1v) is 13.4. The molecule has 1 amide bonds. The van der Waals surface area contributed by atoms with Gasteiger partial charge in [0.1, 0.15) is 18.0 Å². The number of alkyl halides is 3. The minimum atomic E-state index is -4.70. The monoisotopic (exact) mass is 566 g/mol. The van der Waals surface area contributed by atoms with Crippen LogP contribution in [-0.2, 0) is 17.5 Å². The van der Waals surface area contributed by atoms with Crippen molar-refractivity contribution in [3.05, 3.63) is 89.5 Å². The van der Waals surface area contributed by atoms with Crippen molar-refractivity contribution < 1.29 is 27.1 Å². The Bertz CT molecular complexity index is 1550. The maximum atomic E-state index is 14.7. The van der Waals surface area contributed by atoms with E-state index in [1.165, 1.54) is 4.90 Å². The smallest absolute Gasteiger partial charge is 0.378 e. The number of rotatable bonds is 7. The molecule has 1 aliphatic heterocycles. The molecule has 6 nitrogen and oxygen atoms in total. The molecule has 41 heavy (non-hydrogen) atoms. The third kappa shape index (κ3) is 6.48. The number of halogens is 4. The summed E-state index contributed by atoms with van der Waals surface area (Å²) in [5, 5.41) is 0.923. The van der Waals surface area contributed by atoms with E-state index < -0.39 is 23.5 Å². The van der Waals surface area contributed by atoms with Gasteiger partial charge in [0.15, 0.2) is 0 Å². The fourth-order valence-electron chi connectivity index (χ4n) is 5.01. The highest BCUT2D eigenvalue weighted by molar-refractivity contribution is 5.95. The number of amides is 1. The van der Waals surface area contributed by atoms with Crippen molar-refractivity contribution in [2.45, 2.75) is 26.6 Å². The van der Waals surface area contributed by atoms with E-state index in [1.807, 2.05) is 56.3 Å². The first-order chi connectivity index (χ1) is 19.6. The van der Waals surface area contributed by atoms with Gasteiger partial charge in [-0.1, -0.05) is 38.1 Å². The molecule has 2 heterocycles. The summed E-state index contributed by atoms with van der Waals surface area (Å²) < 4.78 is 59.2. The number of anilines is 1. The maximum Gasteiger partial charge on any atom is 0.416 e. The highest BCUT2D eigenvalue weighted by Gasteiger charge is 2.32. The number of benzene rings is 3. The average Bonchev–Trinajstić information content (AvgIpc) is 2.96. The zero-order valence-electron chi connectivity index (χ0n) is 22.8. The highest BCUT2D eigenvalue weighted by Crippen LogP contribution is 2.32. The summed E-state index contributed by atoms with van der Waals surface area (Å²) >= 11 is 0. The SMILES string of the molecule is CC(C)CN(Cc1cccc(-c2ccc3ncnc(N4CCOCC4)c3c2)c1)C(=O)c1ccc(C(F)(F)F)cc1F. The Morgan fingerprint density at radius 1 is 1.00 bits per heavy atom. The van der Waals surface area contributed by atoms with Crippen LogP contribution in [0.1, 0.15) is 35.3 Å². The number of carbonyl (C=O) groups is 1. The molecule has 0 aliphatic carbocycles. The number of hydrogen-bond donors (Lipinski definition) is 0. The summed E-state index contributed by atoms with van der Waals surface area (Å²) in [6, 6.07) is 15.7. The topological polar surface area (TPSA) is 58.6 Å². The summed E-state index contributed by atoms with van der Waals surface area (Å²) in [6.07, 6.45) is -3.13. The molecule has 0 bridgehead atoms. The van der Waals surface area contributed by atoms with E-state index in [0.29, 0.717) is 25.8 Å². The molecule has 1 saturated heterocycles. The Balaban J connectivity index is 1.43. The first-order valence-electron chi connectivity index (χ1n) is 13.4. The number of carbonyl (C=O) groups excluding carboxylic acids is 1. The van der Waals surface area contributed by atoms with E-state index in [2.05, 4.69) is 14.9 Å². The molecular weight excluding hydrogens is 536 g/mol. The predicted molar refractivity (Wildman–Crippen MR) is 149 cm³/mol. The van der Waals surface area contributed by atoms with Crippen LogP contribution in [0, 0.1) is 11.7 Å². The van der Waals surface area contributed by atoms with Gasteiger partial charge in [-0.2, -0.15) is 13.2 Å². The molecule has 5 rings (SSSR count). The molecule has 3 aromatic carbocycles. The molecule has 10 heteroatoms. The van der Waals surface area contributed by atoms with Crippen LogP contribution in [-0.4, -0.2) is 53.6 Å². The van der Waals surface area contributed by atoms with Crippen LogP contribution in [0.3, 0.4) is 0 Å². The van der Waals surface area contributed by atoms with Gasteiger partial charge < -0.3 is 14.5 Å².